The van der Waals surface area contributed by atoms with E-state index < -0.39 is 0 Å². The molecule has 2 aliphatic heterocycles. The molecule has 0 atom stereocenters. The van der Waals surface area contributed by atoms with Gasteiger partial charge in [-0.15, -0.1) is 0 Å². The van der Waals surface area contributed by atoms with Crippen LogP contribution in [0, 0.1) is 0 Å². The van der Waals surface area contributed by atoms with Gasteiger partial charge in [-0.1, -0.05) is 12.1 Å². The summed E-state index contributed by atoms with van der Waals surface area (Å²) in [5.74, 6) is 1.14. The van der Waals surface area contributed by atoms with Gasteiger partial charge >= 0.3 is 0 Å². The van der Waals surface area contributed by atoms with Gasteiger partial charge < -0.3 is 18.7 Å². The van der Waals surface area contributed by atoms with Crippen LogP contribution in [0.4, 0.5) is 5.95 Å². The molecular weight excluding hydrogens is 312 g/mol. The fraction of sp³-hybridized carbons (Fsp3) is 0.650. The maximum absolute atomic E-state index is 5.63. The van der Waals surface area contributed by atoms with Crippen molar-refractivity contribution in [2.24, 2.45) is 0 Å². The zero-order valence-corrected chi connectivity index (χ0v) is 15.5. The number of quaternary nitrogens is 1. The number of imidazole rings is 1. The van der Waals surface area contributed by atoms with Crippen LogP contribution in [-0.4, -0.2) is 66.5 Å². The topological polar surface area (TPSA) is 30.3 Å². The molecular formula is C20H31N4O+. The lowest BCUT2D eigenvalue weighted by Gasteiger charge is -2.33. The van der Waals surface area contributed by atoms with Crippen molar-refractivity contribution in [2.45, 2.75) is 32.7 Å². The molecule has 5 heteroatoms. The van der Waals surface area contributed by atoms with Gasteiger partial charge in [-0.05, 0) is 19.1 Å². The zero-order chi connectivity index (χ0) is 17.1. The van der Waals surface area contributed by atoms with Crippen molar-refractivity contribution in [1.82, 2.24) is 9.55 Å². The number of hydrogen-bond donors (Lipinski definition) is 0. The molecule has 2 aliphatic rings. The number of ether oxygens (including phenoxy) is 1. The number of benzene rings is 1. The second-order valence-corrected chi connectivity index (χ2v) is 7.53. The molecule has 2 aromatic rings. The van der Waals surface area contributed by atoms with Crippen LogP contribution >= 0.6 is 0 Å². The highest BCUT2D eigenvalue weighted by molar-refractivity contribution is 5.78. The van der Waals surface area contributed by atoms with Crippen LogP contribution in [-0.2, 0) is 11.3 Å². The van der Waals surface area contributed by atoms with E-state index in [1.807, 2.05) is 0 Å². The van der Waals surface area contributed by atoms with Crippen molar-refractivity contribution in [3.8, 4) is 0 Å². The molecule has 1 aromatic heterocycles. The van der Waals surface area contributed by atoms with Gasteiger partial charge in [0, 0.05) is 39.0 Å². The van der Waals surface area contributed by atoms with E-state index in [0.717, 1.165) is 44.3 Å². The summed E-state index contributed by atoms with van der Waals surface area (Å²) in [6.07, 6.45) is 4.09. The van der Waals surface area contributed by atoms with E-state index in [2.05, 4.69) is 40.7 Å². The summed E-state index contributed by atoms with van der Waals surface area (Å²) in [4.78, 5) is 7.52. The third-order valence-electron chi connectivity index (χ3n) is 6.00. The molecule has 0 saturated carbocycles. The molecule has 25 heavy (non-hydrogen) atoms. The first-order chi connectivity index (χ1) is 12.3. The normalized spacial score (nSPS) is 20.4. The summed E-state index contributed by atoms with van der Waals surface area (Å²) in [6, 6.07) is 8.50. The van der Waals surface area contributed by atoms with Crippen LogP contribution in [0.5, 0.6) is 0 Å². The van der Waals surface area contributed by atoms with Crippen LogP contribution < -0.4 is 4.90 Å². The van der Waals surface area contributed by atoms with Crippen molar-refractivity contribution < 1.29 is 9.22 Å². The van der Waals surface area contributed by atoms with E-state index in [1.54, 1.807) is 0 Å². The van der Waals surface area contributed by atoms with Gasteiger partial charge in [-0.2, -0.15) is 0 Å². The Balaban J connectivity index is 1.60. The van der Waals surface area contributed by atoms with Crippen LogP contribution in [0.2, 0.25) is 0 Å². The van der Waals surface area contributed by atoms with Crippen molar-refractivity contribution >= 4 is 17.0 Å². The molecule has 0 N–H and O–H groups in total. The lowest BCUT2D eigenvalue weighted by molar-refractivity contribution is -0.914. The Morgan fingerprint density at radius 3 is 2.68 bits per heavy atom. The van der Waals surface area contributed by atoms with Crippen LogP contribution in [0.1, 0.15) is 26.2 Å². The summed E-state index contributed by atoms with van der Waals surface area (Å²) in [5.41, 5.74) is 2.33. The number of hydrogen-bond acceptors (Lipinski definition) is 3. The third-order valence-corrected chi connectivity index (χ3v) is 6.00. The highest BCUT2D eigenvalue weighted by Crippen LogP contribution is 2.27. The first-order valence-electron chi connectivity index (χ1n) is 9.94. The zero-order valence-electron chi connectivity index (χ0n) is 15.5. The summed E-state index contributed by atoms with van der Waals surface area (Å²) in [5, 5.41) is 0. The predicted octanol–water partition coefficient (Wildman–Crippen LogP) is 2.89. The van der Waals surface area contributed by atoms with Crippen molar-refractivity contribution in [3.63, 3.8) is 0 Å². The highest BCUT2D eigenvalue weighted by atomic mass is 16.5. The maximum atomic E-state index is 5.63. The van der Waals surface area contributed by atoms with Gasteiger partial charge in [0.2, 0.25) is 5.95 Å². The second kappa shape index (κ2) is 7.34. The molecule has 136 valence electrons. The van der Waals surface area contributed by atoms with E-state index in [1.165, 1.54) is 55.4 Å². The van der Waals surface area contributed by atoms with Gasteiger partial charge in [0.15, 0.2) is 0 Å². The molecule has 0 aliphatic carbocycles. The smallest absolute Gasteiger partial charge is 0.206 e. The fourth-order valence-corrected chi connectivity index (χ4v) is 4.63. The maximum Gasteiger partial charge on any atom is 0.206 e. The molecule has 0 bridgehead atoms. The lowest BCUT2D eigenvalue weighted by atomic mass is 10.3. The Bertz CT molecular complexity index is 705. The Morgan fingerprint density at radius 1 is 1.04 bits per heavy atom. The molecule has 3 heterocycles. The number of rotatable bonds is 5. The summed E-state index contributed by atoms with van der Waals surface area (Å²) in [7, 11) is 0. The van der Waals surface area contributed by atoms with E-state index in [4.69, 9.17) is 9.72 Å². The van der Waals surface area contributed by atoms with Gasteiger partial charge in [0.1, 0.15) is 0 Å². The number of anilines is 1. The molecule has 0 unspecified atom stereocenters. The van der Waals surface area contributed by atoms with Gasteiger partial charge in [-0.25, -0.2) is 4.98 Å². The van der Waals surface area contributed by atoms with Crippen LogP contribution in [0.3, 0.4) is 0 Å². The lowest BCUT2D eigenvalue weighted by Crippen LogP contribution is -2.47. The minimum atomic E-state index is 0.748. The van der Waals surface area contributed by atoms with E-state index in [0.29, 0.717) is 0 Å². The van der Waals surface area contributed by atoms with Crippen molar-refractivity contribution in [2.75, 3.05) is 57.4 Å². The average molecular weight is 343 g/mol. The van der Waals surface area contributed by atoms with Gasteiger partial charge in [-0.3, -0.25) is 0 Å². The van der Waals surface area contributed by atoms with Crippen molar-refractivity contribution in [1.29, 1.82) is 0 Å². The first-order valence-corrected chi connectivity index (χ1v) is 9.94. The Morgan fingerprint density at radius 2 is 1.84 bits per heavy atom. The van der Waals surface area contributed by atoms with Gasteiger partial charge in [0.25, 0.3) is 0 Å². The monoisotopic (exact) mass is 343 g/mol. The number of fused-ring (bicyclic) bond motifs is 1. The molecule has 0 amide bonds. The summed E-state index contributed by atoms with van der Waals surface area (Å²) in [6.45, 7) is 12.1. The minimum Gasteiger partial charge on any atom is -0.380 e. The Hall–Kier alpha value is -1.59. The molecule has 1 spiro atoms. The predicted molar refractivity (Wildman–Crippen MR) is 102 cm³/mol. The largest absolute Gasteiger partial charge is 0.380 e. The Labute approximate surface area is 150 Å². The standard InChI is InChI=1S/C20H31N4O/c1-2-25-17-12-23-19-9-4-3-8-18(19)21-20(23)22-10-7-15-24(16-11-22)13-5-6-14-24/h3-4,8-9H,2,5-7,10-17H2,1H3/q+1. The summed E-state index contributed by atoms with van der Waals surface area (Å²) < 4.78 is 9.34. The Kier molecular flexibility index (Phi) is 4.95. The molecule has 1 aromatic carbocycles. The fourth-order valence-electron chi connectivity index (χ4n) is 4.63. The second-order valence-electron chi connectivity index (χ2n) is 7.53. The number of para-hydroxylation sites is 2. The van der Waals surface area contributed by atoms with Crippen molar-refractivity contribution in [3.05, 3.63) is 24.3 Å². The SMILES string of the molecule is CCOCCn1c(N2CCC[N+]3(CCCC3)CC2)nc2ccccc21. The average Bonchev–Trinajstić information content (AvgIpc) is 3.17. The van der Waals surface area contributed by atoms with E-state index >= 15 is 0 Å². The summed E-state index contributed by atoms with van der Waals surface area (Å²) >= 11 is 0. The molecule has 4 rings (SSSR count). The van der Waals surface area contributed by atoms with E-state index in [-0.39, 0.29) is 0 Å². The molecule has 2 saturated heterocycles. The van der Waals surface area contributed by atoms with E-state index in [9.17, 15) is 0 Å². The number of nitrogens with zero attached hydrogens (tertiary/aromatic N) is 4. The quantitative estimate of drug-likeness (QED) is 0.618. The van der Waals surface area contributed by atoms with Crippen LogP contribution in [0.25, 0.3) is 11.0 Å². The van der Waals surface area contributed by atoms with Gasteiger partial charge in [0.05, 0.1) is 50.4 Å². The first kappa shape index (κ1) is 16.9. The number of aromatic nitrogens is 2. The van der Waals surface area contributed by atoms with Crippen LogP contribution in [0.15, 0.2) is 24.3 Å². The third kappa shape index (κ3) is 3.40. The molecule has 5 nitrogen and oxygen atoms in total. The molecule has 2 fully saturated rings. The highest BCUT2D eigenvalue weighted by Gasteiger charge is 2.34. The molecule has 0 radical (unpaired) electrons. The minimum absolute atomic E-state index is 0.748.